The summed E-state index contributed by atoms with van der Waals surface area (Å²) < 4.78 is 5.11. The van der Waals surface area contributed by atoms with Crippen LogP contribution in [-0.2, 0) is 0 Å². The molecule has 0 saturated heterocycles. The number of benzene rings is 3. The summed E-state index contributed by atoms with van der Waals surface area (Å²) in [5.74, 6) is -0.572. The zero-order valence-corrected chi connectivity index (χ0v) is 15.5. The van der Waals surface area contributed by atoms with E-state index in [0.717, 1.165) is 4.90 Å². The van der Waals surface area contributed by atoms with Crippen LogP contribution >= 0.6 is 0 Å². The van der Waals surface area contributed by atoms with Gasteiger partial charge in [-0.25, -0.2) is 4.90 Å². The summed E-state index contributed by atoms with van der Waals surface area (Å²) in [7, 11) is 1.54. The minimum absolute atomic E-state index is 0.237. The van der Waals surface area contributed by atoms with E-state index in [2.05, 4.69) is 5.32 Å². The number of methoxy groups -OCH3 is 1. The molecule has 29 heavy (non-hydrogen) atoms. The first-order chi connectivity index (χ1) is 14.0. The minimum Gasteiger partial charge on any atom is -0.497 e. The third-order valence-corrected chi connectivity index (χ3v) is 4.65. The van der Waals surface area contributed by atoms with E-state index in [9.17, 15) is 14.4 Å². The quantitative estimate of drug-likeness (QED) is 0.528. The van der Waals surface area contributed by atoms with E-state index >= 15 is 0 Å². The number of carbonyl (C=O) groups excluding carboxylic acids is 3. The zero-order chi connectivity index (χ0) is 20.5. The predicted octanol–water partition coefficient (Wildman–Crippen LogP) is 3.33. The van der Waals surface area contributed by atoms with Gasteiger partial charge in [-0.2, -0.15) is 0 Å². The first-order valence-electron chi connectivity index (χ1n) is 8.82. The lowest BCUT2D eigenvalue weighted by Crippen LogP contribution is -2.29. The smallest absolute Gasteiger partial charge is 0.266 e. The van der Waals surface area contributed by atoms with Crippen LogP contribution < -0.4 is 20.7 Å². The molecule has 4 rings (SSSR count). The first-order valence-corrected chi connectivity index (χ1v) is 8.82. The second-order valence-electron chi connectivity index (χ2n) is 6.48. The minimum atomic E-state index is -0.446. The third-order valence-electron chi connectivity index (χ3n) is 4.65. The lowest BCUT2D eigenvalue weighted by molar-refractivity contribution is 0.0924. The highest BCUT2D eigenvalue weighted by atomic mass is 16.5. The van der Waals surface area contributed by atoms with Crippen LogP contribution in [0.4, 0.5) is 17.1 Å². The van der Waals surface area contributed by atoms with Crippen molar-refractivity contribution in [2.75, 3.05) is 23.1 Å². The molecule has 3 N–H and O–H groups in total. The number of carbonyl (C=O) groups is 3. The first kappa shape index (κ1) is 18.2. The second-order valence-corrected chi connectivity index (χ2v) is 6.48. The molecule has 0 aromatic heterocycles. The second kappa shape index (κ2) is 7.12. The van der Waals surface area contributed by atoms with Gasteiger partial charge in [0.15, 0.2) is 0 Å². The molecule has 0 fully saturated rings. The van der Waals surface area contributed by atoms with Gasteiger partial charge in [0, 0.05) is 16.9 Å². The number of nitrogen functional groups attached to an aromatic ring is 1. The van der Waals surface area contributed by atoms with E-state index in [1.165, 1.54) is 19.2 Å². The molecule has 1 heterocycles. The fourth-order valence-electron chi connectivity index (χ4n) is 3.12. The molecular weight excluding hydrogens is 370 g/mol. The molecule has 1 aliphatic heterocycles. The average molecular weight is 387 g/mol. The number of rotatable bonds is 4. The highest BCUT2D eigenvalue weighted by molar-refractivity contribution is 6.34. The Morgan fingerprint density at radius 3 is 2.21 bits per heavy atom. The Hall–Kier alpha value is -4.13. The van der Waals surface area contributed by atoms with Crippen LogP contribution in [0.2, 0.25) is 0 Å². The third kappa shape index (κ3) is 3.29. The molecule has 0 unspecified atom stereocenters. The fraction of sp³-hybridized carbons (Fsp3) is 0.0455. The van der Waals surface area contributed by atoms with Crippen molar-refractivity contribution in [1.29, 1.82) is 0 Å². The number of anilines is 3. The Kier molecular flexibility index (Phi) is 4.48. The summed E-state index contributed by atoms with van der Waals surface area (Å²) in [5.41, 5.74) is 8.02. The van der Waals surface area contributed by atoms with E-state index in [1.54, 1.807) is 54.6 Å². The van der Waals surface area contributed by atoms with Crippen molar-refractivity contribution in [3.63, 3.8) is 0 Å². The van der Waals surface area contributed by atoms with Crippen LogP contribution in [0.1, 0.15) is 31.1 Å². The molecule has 0 atom stereocenters. The van der Waals surface area contributed by atoms with Crippen molar-refractivity contribution in [3.8, 4) is 5.75 Å². The Labute approximate surface area is 166 Å². The molecule has 0 spiro atoms. The number of hydrogen-bond donors (Lipinski definition) is 2. The SMILES string of the molecule is COc1ccc(N2C(=O)c3ccc(NC(=O)c4ccc(N)cc4)cc3C2=O)cc1. The number of amides is 3. The highest BCUT2D eigenvalue weighted by Gasteiger charge is 2.36. The number of nitrogens with two attached hydrogens (primary N) is 1. The summed E-state index contributed by atoms with van der Waals surface area (Å²) in [6, 6.07) is 17.8. The molecule has 0 bridgehead atoms. The van der Waals surface area contributed by atoms with Gasteiger partial charge in [0.25, 0.3) is 17.7 Å². The van der Waals surface area contributed by atoms with Gasteiger partial charge in [-0.05, 0) is 66.7 Å². The monoisotopic (exact) mass is 387 g/mol. The van der Waals surface area contributed by atoms with E-state index < -0.39 is 11.8 Å². The normalized spacial score (nSPS) is 12.7. The maximum absolute atomic E-state index is 12.9. The number of nitrogens with zero attached hydrogens (tertiary/aromatic N) is 1. The van der Waals surface area contributed by atoms with Gasteiger partial charge in [0.05, 0.1) is 23.9 Å². The van der Waals surface area contributed by atoms with Crippen molar-refractivity contribution >= 4 is 34.8 Å². The predicted molar refractivity (Wildman–Crippen MR) is 109 cm³/mol. The Morgan fingerprint density at radius 2 is 1.55 bits per heavy atom. The van der Waals surface area contributed by atoms with Gasteiger partial charge in [-0.15, -0.1) is 0 Å². The van der Waals surface area contributed by atoms with Gasteiger partial charge >= 0.3 is 0 Å². The molecule has 3 aromatic rings. The van der Waals surface area contributed by atoms with Gasteiger partial charge < -0.3 is 15.8 Å². The zero-order valence-electron chi connectivity index (χ0n) is 15.5. The summed E-state index contributed by atoms with van der Waals surface area (Å²) in [5, 5.41) is 2.73. The van der Waals surface area contributed by atoms with E-state index in [-0.39, 0.29) is 17.0 Å². The van der Waals surface area contributed by atoms with Crippen LogP contribution in [-0.4, -0.2) is 24.8 Å². The summed E-state index contributed by atoms with van der Waals surface area (Å²) in [6.45, 7) is 0. The Bertz CT molecular complexity index is 1120. The number of hydrogen-bond acceptors (Lipinski definition) is 5. The van der Waals surface area contributed by atoms with Gasteiger partial charge in [-0.1, -0.05) is 0 Å². The van der Waals surface area contributed by atoms with Crippen LogP contribution in [0.5, 0.6) is 5.75 Å². The summed E-state index contributed by atoms with van der Waals surface area (Å²) in [4.78, 5) is 39.1. The summed E-state index contributed by atoms with van der Waals surface area (Å²) >= 11 is 0. The maximum Gasteiger partial charge on any atom is 0.266 e. The molecule has 1 aliphatic rings. The van der Waals surface area contributed by atoms with E-state index in [1.807, 2.05) is 0 Å². The van der Waals surface area contributed by atoms with Crippen LogP contribution in [0.15, 0.2) is 66.7 Å². The molecule has 3 aromatic carbocycles. The standard InChI is InChI=1S/C22H17N3O4/c1-29-17-9-7-16(8-10-17)25-21(27)18-11-6-15(12-19(18)22(25)28)24-20(26)13-2-4-14(23)5-3-13/h2-12H,23H2,1H3,(H,24,26). The van der Waals surface area contributed by atoms with Gasteiger partial charge in [-0.3, -0.25) is 14.4 Å². The van der Waals surface area contributed by atoms with Crippen molar-refractivity contribution in [2.45, 2.75) is 0 Å². The van der Waals surface area contributed by atoms with Crippen molar-refractivity contribution in [1.82, 2.24) is 0 Å². The van der Waals surface area contributed by atoms with Crippen LogP contribution in [0.3, 0.4) is 0 Å². The molecule has 3 amide bonds. The van der Waals surface area contributed by atoms with Crippen molar-refractivity contribution in [2.24, 2.45) is 0 Å². The van der Waals surface area contributed by atoms with Crippen LogP contribution in [0, 0.1) is 0 Å². The number of nitrogens with one attached hydrogen (secondary N) is 1. The number of fused-ring (bicyclic) bond motifs is 1. The highest BCUT2D eigenvalue weighted by Crippen LogP contribution is 2.31. The average Bonchev–Trinajstić information content (AvgIpc) is 2.98. The van der Waals surface area contributed by atoms with Gasteiger partial charge in [0.1, 0.15) is 5.75 Å². The largest absolute Gasteiger partial charge is 0.497 e. The molecule has 144 valence electrons. The van der Waals surface area contributed by atoms with E-state index in [0.29, 0.717) is 28.4 Å². The lowest BCUT2D eigenvalue weighted by atomic mass is 10.1. The number of imide groups is 1. The molecule has 0 radical (unpaired) electrons. The molecule has 7 nitrogen and oxygen atoms in total. The fourth-order valence-corrected chi connectivity index (χ4v) is 3.12. The van der Waals surface area contributed by atoms with E-state index in [4.69, 9.17) is 10.5 Å². The number of ether oxygens (including phenoxy) is 1. The molecule has 0 aliphatic carbocycles. The molecule has 0 saturated carbocycles. The van der Waals surface area contributed by atoms with Crippen molar-refractivity contribution in [3.05, 3.63) is 83.4 Å². The lowest BCUT2D eigenvalue weighted by Gasteiger charge is -2.14. The topological polar surface area (TPSA) is 102 Å². The Balaban J connectivity index is 1.59. The molecular formula is C22H17N3O4. The maximum atomic E-state index is 12.9. The molecule has 7 heteroatoms. The Morgan fingerprint density at radius 1 is 0.897 bits per heavy atom. The summed E-state index contributed by atoms with van der Waals surface area (Å²) in [6.07, 6.45) is 0. The van der Waals surface area contributed by atoms with Crippen LogP contribution in [0.25, 0.3) is 0 Å². The van der Waals surface area contributed by atoms with Crippen molar-refractivity contribution < 1.29 is 19.1 Å². The van der Waals surface area contributed by atoms with Gasteiger partial charge in [0.2, 0.25) is 0 Å².